The van der Waals surface area contributed by atoms with Crippen LogP contribution in [0.2, 0.25) is 10.0 Å². The van der Waals surface area contributed by atoms with E-state index in [1.165, 1.54) is 0 Å². The van der Waals surface area contributed by atoms with E-state index in [0.29, 0.717) is 21.2 Å². The molecule has 5 nitrogen and oxygen atoms in total. The smallest absolute Gasteiger partial charge is 0.321 e. The number of benzene rings is 2. The van der Waals surface area contributed by atoms with Gasteiger partial charge in [0, 0.05) is 0 Å². The minimum atomic E-state index is -3.79. The van der Waals surface area contributed by atoms with Gasteiger partial charge in [0.25, 0.3) is 0 Å². The fraction of sp³-hybridized carbons (Fsp3) is 0.235. The molecule has 0 spiro atoms. The highest BCUT2D eigenvalue weighted by atomic mass is 35.5. The van der Waals surface area contributed by atoms with Crippen LogP contribution in [0.5, 0.6) is 0 Å². The van der Waals surface area contributed by atoms with Gasteiger partial charge >= 0.3 is 5.97 Å². The SMILES string of the molecule is Cc1ccc(C)c(S(=O)(=O)NCC(=O)OCc2ccc(Cl)c(Cl)c2)c1. The van der Waals surface area contributed by atoms with Crippen LogP contribution in [0.3, 0.4) is 0 Å². The van der Waals surface area contributed by atoms with E-state index in [4.69, 9.17) is 27.9 Å². The molecule has 0 radical (unpaired) electrons. The Bertz CT molecular complexity index is 898. The molecule has 0 saturated carbocycles. The Morgan fingerprint density at radius 2 is 1.80 bits per heavy atom. The van der Waals surface area contributed by atoms with Crippen LogP contribution in [0, 0.1) is 13.8 Å². The molecule has 0 heterocycles. The van der Waals surface area contributed by atoms with Crippen LogP contribution in [-0.2, 0) is 26.2 Å². The number of carbonyl (C=O) groups excluding carboxylic acids is 1. The monoisotopic (exact) mass is 401 g/mol. The van der Waals surface area contributed by atoms with Crippen molar-refractivity contribution in [3.05, 3.63) is 63.1 Å². The standard InChI is InChI=1S/C17H17Cl2NO4S/c1-11-3-4-12(2)16(7-11)25(22,23)20-9-17(21)24-10-13-5-6-14(18)15(19)8-13/h3-8,20H,9-10H2,1-2H3. The first-order valence-corrected chi connectivity index (χ1v) is 9.59. The zero-order chi connectivity index (χ0) is 18.6. The lowest BCUT2D eigenvalue weighted by molar-refractivity contribution is -0.143. The first-order chi connectivity index (χ1) is 11.7. The van der Waals surface area contributed by atoms with E-state index < -0.39 is 22.5 Å². The summed E-state index contributed by atoms with van der Waals surface area (Å²) in [7, 11) is -3.79. The third-order valence-electron chi connectivity index (χ3n) is 3.42. The molecule has 0 aliphatic heterocycles. The topological polar surface area (TPSA) is 72.5 Å². The van der Waals surface area contributed by atoms with E-state index in [9.17, 15) is 13.2 Å². The number of esters is 1. The first-order valence-electron chi connectivity index (χ1n) is 7.35. The molecule has 8 heteroatoms. The Hall–Kier alpha value is -1.60. The summed E-state index contributed by atoms with van der Waals surface area (Å²) in [5, 5.41) is 0.754. The lowest BCUT2D eigenvalue weighted by atomic mass is 10.2. The van der Waals surface area contributed by atoms with Gasteiger partial charge in [-0.2, -0.15) is 4.72 Å². The minimum Gasteiger partial charge on any atom is -0.460 e. The second kappa shape index (κ2) is 8.19. The van der Waals surface area contributed by atoms with E-state index in [1.807, 2.05) is 6.07 Å². The molecule has 0 unspecified atom stereocenters. The van der Waals surface area contributed by atoms with Gasteiger partial charge in [0.2, 0.25) is 10.0 Å². The van der Waals surface area contributed by atoms with Gasteiger partial charge in [-0.15, -0.1) is 0 Å². The third kappa shape index (κ3) is 5.44. The highest BCUT2D eigenvalue weighted by molar-refractivity contribution is 7.89. The molecule has 2 rings (SSSR count). The Morgan fingerprint density at radius 1 is 1.08 bits per heavy atom. The largest absolute Gasteiger partial charge is 0.460 e. The molecule has 0 atom stereocenters. The van der Waals surface area contributed by atoms with Crippen molar-refractivity contribution in [3.63, 3.8) is 0 Å². The average molecular weight is 402 g/mol. The highest BCUT2D eigenvalue weighted by Gasteiger charge is 2.18. The molecule has 2 aromatic carbocycles. The lowest BCUT2D eigenvalue weighted by Gasteiger charge is -2.10. The summed E-state index contributed by atoms with van der Waals surface area (Å²) in [5.41, 5.74) is 2.07. The maximum atomic E-state index is 12.3. The van der Waals surface area contributed by atoms with Crippen molar-refractivity contribution in [1.82, 2.24) is 4.72 Å². The van der Waals surface area contributed by atoms with Crippen molar-refractivity contribution in [1.29, 1.82) is 0 Å². The fourth-order valence-corrected chi connectivity index (χ4v) is 3.69. The number of hydrogen-bond acceptors (Lipinski definition) is 4. The molecule has 25 heavy (non-hydrogen) atoms. The molecular weight excluding hydrogens is 385 g/mol. The summed E-state index contributed by atoms with van der Waals surface area (Å²) in [4.78, 5) is 11.9. The number of ether oxygens (including phenoxy) is 1. The maximum absolute atomic E-state index is 12.3. The molecule has 0 aliphatic carbocycles. The number of hydrogen-bond donors (Lipinski definition) is 1. The fourth-order valence-electron chi connectivity index (χ4n) is 2.07. The van der Waals surface area contributed by atoms with Gasteiger partial charge in [-0.05, 0) is 48.7 Å². The number of carbonyl (C=O) groups is 1. The van der Waals surface area contributed by atoms with Gasteiger partial charge in [0.05, 0.1) is 14.9 Å². The van der Waals surface area contributed by atoms with Crippen LogP contribution in [0.4, 0.5) is 0 Å². The molecule has 134 valence electrons. The van der Waals surface area contributed by atoms with Crippen LogP contribution < -0.4 is 4.72 Å². The normalized spacial score (nSPS) is 11.4. The Morgan fingerprint density at radius 3 is 2.48 bits per heavy atom. The van der Waals surface area contributed by atoms with Crippen LogP contribution in [0.25, 0.3) is 0 Å². The van der Waals surface area contributed by atoms with Crippen molar-refractivity contribution in [2.75, 3.05) is 6.54 Å². The Kier molecular flexibility index (Phi) is 6.46. The molecule has 2 aromatic rings. The number of nitrogens with one attached hydrogen (secondary N) is 1. The van der Waals surface area contributed by atoms with Gasteiger partial charge in [-0.25, -0.2) is 8.42 Å². The molecular formula is C17H17Cl2NO4S. The molecule has 0 fully saturated rings. The number of sulfonamides is 1. The number of rotatable bonds is 6. The summed E-state index contributed by atoms with van der Waals surface area (Å²) < 4.78 is 31.9. The summed E-state index contributed by atoms with van der Waals surface area (Å²) in [6, 6.07) is 9.93. The van der Waals surface area contributed by atoms with Crippen molar-refractivity contribution < 1.29 is 17.9 Å². The zero-order valence-corrected chi connectivity index (χ0v) is 16.0. The summed E-state index contributed by atoms with van der Waals surface area (Å²) in [6.45, 7) is 3.00. The summed E-state index contributed by atoms with van der Waals surface area (Å²) >= 11 is 11.7. The van der Waals surface area contributed by atoms with E-state index in [-0.39, 0.29) is 11.5 Å². The van der Waals surface area contributed by atoms with Crippen LogP contribution in [-0.4, -0.2) is 20.9 Å². The predicted molar refractivity (Wildman–Crippen MR) is 97.4 cm³/mol. The van der Waals surface area contributed by atoms with Gasteiger partial charge in [-0.3, -0.25) is 4.79 Å². The molecule has 0 bridgehead atoms. The molecule has 0 aliphatic rings. The van der Waals surface area contributed by atoms with Crippen molar-refractivity contribution >= 4 is 39.2 Å². The zero-order valence-electron chi connectivity index (χ0n) is 13.7. The van der Waals surface area contributed by atoms with E-state index in [0.717, 1.165) is 5.56 Å². The van der Waals surface area contributed by atoms with Gasteiger partial charge in [0.15, 0.2) is 0 Å². The molecule has 0 saturated heterocycles. The van der Waals surface area contributed by atoms with Crippen LogP contribution in [0.15, 0.2) is 41.3 Å². The molecule has 1 N–H and O–H groups in total. The molecule has 0 amide bonds. The van der Waals surface area contributed by atoms with Crippen molar-refractivity contribution in [2.24, 2.45) is 0 Å². The van der Waals surface area contributed by atoms with Crippen molar-refractivity contribution in [2.45, 2.75) is 25.3 Å². The molecule has 0 aromatic heterocycles. The van der Waals surface area contributed by atoms with E-state index >= 15 is 0 Å². The first kappa shape index (κ1) is 19.7. The lowest BCUT2D eigenvalue weighted by Crippen LogP contribution is -2.31. The minimum absolute atomic E-state index is 0.0269. The number of halogens is 2. The second-order valence-electron chi connectivity index (χ2n) is 5.50. The van der Waals surface area contributed by atoms with Crippen LogP contribution >= 0.6 is 23.2 Å². The van der Waals surface area contributed by atoms with Crippen molar-refractivity contribution in [3.8, 4) is 0 Å². The predicted octanol–water partition coefficient (Wildman–Crippen LogP) is 3.63. The quantitative estimate of drug-likeness (QED) is 0.749. The highest BCUT2D eigenvalue weighted by Crippen LogP contribution is 2.23. The van der Waals surface area contributed by atoms with Gasteiger partial charge in [0.1, 0.15) is 13.2 Å². The van der Waals surface area contributed by atoms with E-state index in [2.05, 4.69) is 4.72 Å². The second-order valence-corrected chi connectivity index (χ2v) is 8.05. The summed E-state index contributed by atoms with van der Waals surface area (Å²) in [5.74, 6) is -0.694. The average Bonchev–Trinajstić information content (AvgIpc) is 2.56. The Labute approximate surface area is 157 Å². The van der Waals surface area contributed by atoms with Gasteiger partial charge < -0.3 is 4.74 Å². The van der Waals surface area contributed by atoms with Crippen LogP contribution in [0.1, 0.15) is 16.7 Å². The third-order valence-corrected chi connectivity index (χ3v) is 5.71. The maximum Gasteiger partial charge on any atom is 0.321 e. The van der Waals surface area contributed by atoms with E-state index in [1.54, 1.807) is 44.2 Å². The Balaban J connectivity index is 1.94. The number of aryl methyl sites for hydroxylation is 2. The summed E-state index contributed by atoms with van der Waals surface area (Å²) in [6.07, 6.45) is 0. The van der Waals surface area contributed by atoms with Gasteiger partial charge in [-0.1, -0.05) is 41.4 Å².